The molecule has 1 aromatic rings. The highest BCUT2D eigenvalue weighted by Gasteiger charge is 2.39. The molecular weight excluding hydrogens is 252 g/mol. The van der Waals surface area contributed by atoms with Gasteiger partial charge < -0.3 is 10.2 Å². The van der Waals surface area contributed by atoms with Crippen LogP contribution in [-0.2, 0) is 15.0 Å². The molecule has 108 valence electrons. The Morgan fingerprint density at radius 2 is 2.00 bits per heavy atom. The molecule has 1 atom stereocenters. The molecule has 1 N–H and O–H groups in total. The average molecular weight is 274 g/mol. The third-order valence-corrected chi connectivity index (χ3v) is 4.01. The highest BCUT2D eigenvalue weighted by atomic mass is 16.2. The molecule has 1 unspecified atom stereocenters. The van der Waals surface area contributed by atoms with Gasteiger partial charge in [-0.25, -0.2) is 0 Å². The number of hydrogen-bond donors (Lipinski definition) is 1. The number of piperazine rings is 1. The molecule has 1 aliphatic rings. The minimum absolute atomic E-state index is 0.0189. The number of carbonyl (C=O) groups excluding carboxylic acids is 2. The van der Waals surface area contributed by atoms with Crippen molar-refractivity contribution < 1.29 is 9.59 Å². The molecule has 4 heteroatoms. The van der Waals surface area contributed by atoms with Crippen molar-refractivity contribution in [3.05, 3.63) is 35.9 Å². The molecule has 2 rings (SSSR count). The van der Waals surface area contributed by atoms with E-state index in [4.69, 9.17) is 0 Å². The highest BCUT2D eigenvalue weighted by molar-refractivity contribution is 5.93. The van der Waals surface area contributed by atoms with Crippen molar-refractivity contribution in [3.63, 3.8) is 0 Å². The van der Waals surface area contributed by atoms with E-state index >= 15 is 0 Å². The Labute approximate surface area is 120 Å². The zero-order valence-electron chi connectivity index (χ0n) is 12.3. The predicted molar refractivity (Wildman–Crippen MR) is 78.3 cm³/mol. The molecule has 0 aromatic heterocycles. The zero-order chi connectivity index (χ0) is 14.8. The molecule has 0 spiro atoms. The third-order valence-electron chi connectivity index (χ3n) is 4.01. The van der Waals surface area contributed by atoms with Crippen LogP contribution in [0.3, 0.4) is 0 Å². The Morgan fingerprint density at radius 3 is 2.60 bits per heavy atom. The molecule has 1 saturated heterocycles. The Bertz CT molecular complexity index is 496. The molecule has 0 saturated carbocycles. The molecule has 1 aliphatic heterocycles. The van der Waals surface area contributed by atoms with Crippen LogP contribution in [0.2, 0.25) is 0 Å². The highest BCUT2D eigenvalue weighted by Crippen LogP contribution is 2.27. The molecule has 2 amide bonds. The number of carbonyl (C=O) groups is 2. The van der Waals surface area contributed by atoms with Crippen molar-refractivity contribution in [2.45, 2.75) is 38.6 Å². The Morgan fingerprint density at radius 1 is 1.35 bits per heavy atom. The number of benzene rings is 1. The topological polar surface area (TPSA) is 49.4 Å². The van der Waals surface area contributed by atoms with Gasteiger partial charge in [0.05, 0.1) is 5.41 Å². The van der Waals surface area contributed by atoms with E-state index in [-0.39, 0.29) is 17.9 Å². The van der Waals surface area contributed by atoms with Gasteiger partial charge in [0.15, 0.2) is 0 Å². The van der Waals surface area contributed by atoms with E-state index < -0.39 is 5.41 Å². The number of nitrogens with one attached hydrogen (secondary N) is 1. The van der Waals surface area contributed by atoms with E-state index in [2.05, 4.69) is 5.32 Å². The number of amides is 2. The lowest BCUT2D eigenvalue weighted by Gasteiger charge is -2.39. The first kappa shape index (κ1) is 14.6. The van der Waals surface area contributed by atoms with E-state index in [1.54, 1.807) is 4.90 Å². The molecule has 1 aromatic carbocycles. The second-order valence-electron chi connectivity index (χ2n) is 5.70. The Kier molecular flexibility index (Phi) is 4.12. The third kappa shape index (κ3) is 2.55. The normalized spacial score (nSPS) is 19.6. The van der Waals surface area contributed by atoms with Crippen molar-refractivity contribution in [2.75, 3.05) is 13.1 Å². The first-order valence-electron chi connectivity index (χ1n) is 7.12. The number of hydrogen-bond acceptors (Lipinski definition) is 2. The minimum atomic E-state index is -0.619. The SMILES string of the molecule is CCC1C(=O)NCCN1C(=O)C(C)(C)c1ccccc1. The van der Waals surface area contributed by atoms with Gasteiger partial charge in [-0.15, -0.1) is 0 Å². The average Bonchev–Trinajstić information content (AvgIpc) is 2.47. The van der Waals surface area contributed by atoms with E-state index in [1.807, 2.05) is 51.1 Å². The van der Waals surface area contributed by atoms with E-state index in [1.165, 1.54) is 0 Å². The van der Waals surface area contributed by atoms with E-state index in [0.29, 0.717) is 19.5 Å². The Hall–Kier alpha value is -1.84. The van der Waals surface area contributed by atoms with Crippen molar-refractivity contribution in [3.8, 4) is 0 Å². The largest absolute Gasteiger partial charge is 0.353 e. The maximum Gasteiger partial charge on any atom is 0.242 e. The summed E-state index contributed by atoms with van der Waals surface area (Å²) in [6.45, 7) is 6.89. The summed E-state index contributed by atoms with van der Waals surface area (Å²) in [5.74, 6) is -0.0265. The molecule has 0 radical (unpaired) electrons. The number of rotatable bonds is 3. The Balaban J connectivity index is 2.27. The van der Waals surface area contributed by atoms with Gasteiger partial charge >= 0.3 is 0 Å². The van der Waals surface area contributed by atoms with Crippen LogP contribution in [0.5, 0.6) is 0 Å². The van der Waals surface area contributed by atoms with Crippen LogP contribution in [-0.4, -0.2) is 35.8 Å². The van der Waals surface area contributed by atoms with Crippen molar-refractivity contribution >= 4 is 11.8 Å². The van der Waals surface area contributed by atoms with Crippen LogP contribution >= 0.6 is 0 Å². The van der Waals surface area contributed by atoms with Gasteiger partial charge in [-0.05, 0) is 25.8 Å². The van der Waals surface area contributed by atoms with Crippen LogP contribution in [0.4, 0.5) is 0 Å². The maximum atomic E-state index is 12.9. The summed E-state index contributed by atoms with van der Waals surface area (Å²) in [6.07, 6.45) is 0.641. The van der Waals surface area contributed by atoms with Crippen LogP contribution in [0.1, 0.15) is 32.8 Å². The summed E-state index contributed by atoms with van der Waals surface area (Å²) >= 11 is 0. The fourth-order valence-electron chi connectivity index (χ4n) is 2.70. The summed E-state index contributed by atoms with van der Waals surface area (Å²) in [6, 6.07) is 9.38. The molecule has 4 nitrogen and oxygen atoms in total. The lowest BCUT2D eigenvalue weighted by molar-refractivity contribution is -0.146. The lowest BCUT2D eigenvalue weighted by atomic mass is 9.82. The van der Waals surface area contributed by atoms with Gasteiger partial charge in [0, 0.05) is 13.1 Å². The van der Waals surface area contributed by atoms with E-state index in [9.17, 15) is 9.59 Å². The van der Waals surface area contributed by atoms with Crippen molar-refractivity contribution in [1.29, 1.82) is 0 Å². The van der Waals surface area contributed by atoms with Crippen molar-refractivity contribution in [2.24, 2.45) is 0 Å². The van der Waals surface area contributed by atoms with Crippen LogP contribution in [0.15, 0.2) is 30.3 Å². The van der Waals surface area contributed by atoms with Gasteiger partial charge in [-0.2, -0.15) is 0 Å². The molecule has 20 heavy (non-hydrogen) atoms. The molecular formula is C16H22N2O2. The molecule has 0 aliphatic carbocycles. The first-order chi connectivity index (χ1) is 9.48. The monoisotopic (exact) mass is 274 g/mol. The smallest absolute Gasteiger partial charge is 0.242 e. The van der Waals surface area contributed by atoms with Gasteiger partial charge in [-0.1, -0.05) is 37.3 Å². The zero-order valence-corrected chi connectivity index (χ0v) is 12.3. The van der Waals surface area contributed by atoms with Crippen LogP contribution < -0.4 is 5.32 Å². The molecule has 1 heterocycles. The predicted octanol–water partition coefficient (Wildman–Crippen LogP) is 1.70. The van der Waals surface area contributed by atoms with E-state index in [0.717, 1.165) is 5.56 Å². The maximum absolute atomic E-state index is 12.9. The number of nitrogens with zero attached hydrogens (tertiary/aromatic N) is 1. The fraction of sp³-hybridized carbons (Fsp3) is 0.500. The second-order valence-corrected chi connectivity index (χ2v) is 5.70. The molecule has 0 bridgehead atoms. The standard InChI is InChI=1S/C16H22N2O2/c1-4-13-14(19)17-10-11-18(13)15(20)16(2,3)12-8-6-5-7-9-12/h5-9,13H,4,10-11H2,1-3H3,(H,17,19). The van der Waals surface area contributed by atoms with Gasteiger partial charge in [0.25, 0.3) is 0 Å². The van der Waals surface area contributed by atoms with Gasteiger partial charge in [0.1, 0.15) is 6.04 Å². The summed E-state index contributed by atoms with van der Waals surface area (Å²) in [4.78, 5) is 26.5. The summed E-state index contributed by atoms with van der Waals surface area (Å²) in [5, 5.41) is 2.83. The van der Waals surface area contributed by atoms with Crippen LogP contribution in [0, 0.1) is 0 Å². The second kappa shape index (κ2) is 5.65. The minimum Gasteiger partial charge on any atom is -0.353 e. The van der Waals surface area contributed by atoms with Gasteiger partial charge in [0.2, 0.25) is 11.8 Å². The fourth-order valence-corrected chi connectivity index (χ4v) is 2.70. The van der Waals surface area contributed by atoms with Gasteiger partial charge in [-0.3, -0.25) is 9.59 Å². The van der Waals surface area contributed by atoms with Crippen molar-refractivity contribution in [1.82, 2.24) is 10.2 Å². The molecule has 1 fully saturated rings. The summed E-state index contributed by atoms with van der Waals surface area (Å²) < 4.78 is 0. The quantitative estimate of drug-likeness (QED) is 0.912. The summed E-state index contributed by atoms with van der Waals surface area (Å²) in [5.41, 5.74) is 0.359. The first-order valence-corrected chi connectivity index (χ1v) is 7.12. The van der Waals surface area contributed by atoms with Crippen LogP contribution in [0.25, 0.3) is 0 Å². The summed E-state index contributed by atoms with van der Waals surface area (Å²) in [7, 11) is 0. The lowest BCUT2D eigenvalue weighted by Crippen LogP contribution is -2.60.